The van der Waals surface area contributed by atoms with Gasteiger partial charge in [0.1, 0.15) is 5.75 Å². The van der Waals surface area contributed by atoms with Gasteiger partial charge >= 0.3 is 0 Å². The van der Waals surface area contributed by atoms with E-state index in [1.165, 1.54) is 0 Å². The van der Waals surface area contributed by atoms with Crippen LogP contribution in [-0.2, 0) is 0 Å². The molecule has 0 aliphatic heterocycles. The highest BCUT2D eigenvalue weighted by atomic mass is 16.5. The van der Waals surface area contributed by atoms with E-state index in [1.54, 1.807) is 36.5 Å². The first-order valence-corrected chi connectivity index (χ1v) is 6.87. The molecule has 2 heterocycles. The zero-order valence-corrected chi connectivity index (χ0v) is 12.3. The summed E-state index contributed by atoms with van der Waals surface area (Å²) >= 11 is 0. The lowest BCUT2D eigenvalue weighted by Crippen LogP contribution is -2.12. The minimum absolute atomic E-state index is 0.143. The van der Waals surface area contributed by atoms with Crippen LogP contribution in [0.15, 0.2) is 42.6 Å². The Morgan fingerprint density at radius 3 is 2.55 bits per heavy atom. The first kappa shape index (κ1) is 13.9. The van der Waals surface area contributed by atoms with E-state index in [1.807, 2.05) is 19.9 Å². The average Bonchev–Trinajstić information content (AvgIpc) is 3.10. The number of anilines is 1. The molecule has 112 valence electrons. The molecule has 0 atom stereocenters. The Hall–Kier alpha value is -3.02. The Kier molecular flexibility index (Phi) is 3.65. The fraction of sp³-hybridized carbons (Fsp3) is 0.125. The molecule has 0 unspecified atom stereocenters. The fourth-order valence-electron chi connectivity index (χ4n) is 2.07. The van der Waals surface area contributed by atoms with Crippen LogP contribution in [-0.4, -0.2) is 21.1 Å². The molecular weight excluding hydrogens is 280 g/mol. The summed E-state index contributed by atoms with van der Waals surface area (Å²) < 4.78 is 5.59. The Balaban J connectivity index is 1.66. The van der Waals surface area contributed by atoms with E-state index < -0.39 is 0 Å². The summed E-state index contributed by atoms with van der Waals surface area (Å²) in [5.41, 5.74) is 3.11. The molecule has 3 rings (SSSR count). The van der Waals surface area contributed by atoms with Gasteiger partial charge in [0, 0.05) is 29.3 Å². The van der Waals surface area contributed by atoms with Gasteiger partial charge in [0.25, 0.3) is 5.91 Å². The molecule has 6 heteroatoms. The van der Waals surface area contributed by atoms with Gasteiger partial charge in [0.2, 0.25) is 5.88 Å². The SMILES string of the molecule is Cc1cc(Oc2ccc(NC(=O)c3cc[nH]c3C)cc2)n[nH]1. The first-order chi connectivity index (χ1) is 10.6. The molecule has 0 bridgehead atoms. The van der Waals surface area contributed by atoms with Crippen LogP contribution in [0.3, 0.4) is 0 Å². The highest BCUT2D eigenvalue weighted by molar-refractivity contribution is 6.05. The molecule has 0 saturated carbocycles. The zero-order valence-electron chi connectivity index (χ0n) is 12.3. The van der Waals surface area contributed by atoms with E-state index in [0.717, 1.165) is 11.4 Å². The third kappa shape index (κ3) is 3.01. The van der Waals surface area contributed by atoms with Crippen molar-refractivity contribution in [2.45, 2.75) is 13.8 Å². The van der Waals surface area contributed by atoms with Gasteiger partial charge in [-0.15, -0.1) is 5.10 Å². The maximum absolute atomic E-state index is 12.1. The van der Waals surface area contributed by atoms with Gasteiger partial charge in [0.05, 0.1) is 5.56 Å². The monoisotopic (exact) mass is 296 g/mol. The molecule has 0 aliphatic carbocycles. The minimum Gasteiger partial charge on any atom is -0.438 e. The maximum atomic E-state index is 12.1. The summed E-state index contributed by atoms with van der Waals surface area (Å²) in [7, 11) is 0. The second-order valence-electron chi connectivity index (χ2n) is 4.99. The third-order valence-electron chi connectivity index (χ3n) is 3.22. The minimum atomic E-state index is -0.143. The van der Waals surface area contributed by atoms with Crippen molar-refractivity contribution in [1.29, 1.82) is 0 Å². The maximum Gasteiger partial charge on any atom is 0.257 e. The smallest absolute Gasteiger partial charge is 0.257 e. The number of carbonyl (C=O) groups is 1. The van der Waals surface area contributed by atoms with Crippen molar-refractivity contribution < 1.29 is 9.53 Å². The van der Waals surface area contributed by atoms with Crippen LogP contribution in [0.2, 0.25) is 0 Å². The second kappa shape index (κ2) is 5.77. The molecule has 1 amide bonds. The lowest BCUT2D eigenvalue weighted by molar-refractivity contribution is 0.102. The molecule has 0 radical (unpaired) electrons. The van der Waals surface area contributed by atoms with Crippen molar-refractivity contribution in [1.82, 2.24) is 15.2 Å². The number of hydrogen-bond donors (Lipinski definition) is 3. The molecule has 22 heavy (non-hydrogen) atoms. The summed E-state index contributed by atoms with van der Waals surface area (Å²) in [5, 5.41) is 9.66. The standard InChI is InChI=1S/C16H16N4O2/c1-10-9-15(20-19-10)22-13-5-3-12(4-6-13)18-16(21)14-7-8-17-11(14)2/h3-9,17H,1-2H3,(H,18,21)(H,19,20). The van der Waals surface area contributed by atoms with Crippen LogP contribution in [0.1, 0.15) is 21.7 Å². The van der Waals surface area contributed by atoms with E-state index in [-0.39, 0.29) is 5.91 Å². The lowest BCUT2D eigenvalue weighted by atomic mass is 10.2. The van der Waals surface area contributed by atoms with Gasteiger partial charge in [0.15, 0.2) is 0 Å². The summed E-state index contributed by atoms with van der Waals surface area (Å²) in [5.74, 6) is 1.02. The number of nitrogens with one attached hydrogen (secondary N) is 3. The van der Waals surface area contributed by atoms with Gasteiger partial charge < -0.3 is 15.0 Å². The molecule has 1 aromatic carbocycles. The van der Waals surface area contributed by atoms with Gasteiger partial charge in [-0.2, -0.15) is 0 Å². The molecule has 3 N–H and O–H groups in total. The molecule has 0 saturated heterocycles. The van der Waals surface area contributed by atoms with Crippen LogP contribution in [0.4, 0.5) is 5.69 Å². The number of nitrogens with zero attached hydrogens (tertiary/aromatic N) is 1. The number of hydrogen-bond acceptors (Lipinski definition) is 3. The summed E-state index contributed by atoms with van der Waals surface area (Å²) in [6.07, 6.45) is 1.74. The Labute approximate surface area is 127 Å². The lowest BCUT2D eigenvalue weighted by Gasteiger charge is -2.06. The number of aromatic nitrogens is 3. The van der Waals surface area contributed by atoms with E-state index in [4.69, 9.17) is 4.74 Å². The number of aromatic amines is 2. The number of aryl methyl sites for hydroxylation is 2. The molecule has 0 spiro atoms. The van der Waals surface area contributed by atoms with Crippen molar-refractivity contribution in [3.63, 3.8) is 0 Å². The molecule has 0 aliphatic rings. The topological polar surface area (TPSA) is 82.8 Å². The van der Waals surface area contributed by atoms with Gasteiger partial charge in [-0.3, -0.25) is 9.89 Å². The fourth-order valence-corrected chi connectivity index (χ4v) is 2.07. The normalized spacial score (nSPS) is 10.5. The number of rotatable bonds is 4. The largest absolute Gasteiger partial charge is 0.438 e. The van der Waals surface area contributed by atoms with Crippen molar-refractivity contribution in [3.8, 4) is 11.6 Å². The molecule has 3 aromatic rings. The Bertz CT molecular complexity index is 787. The van der Waals surface area contributed by atoms with Gasteiger partial charge in [-0.05, 0) is 44.2 Å². The van der Waals surface area contributed by atoms with Crippen molar-refractivity contribution in [2.24, 2.45) is 0 Å². The van der Waals surface area contributed by atoms with Crippen LogP contribution in [0.25, 0.3) is 0 Å². The van der Waals surface area contributed by atoms with Gasteiger partial charge in [-0.25, -0.2) is 0 Å². The van der Waals surface area contributed by atoms with Crippen LogP contribution in [0.5, 0.6) is 11.6 Å². The van der Waals surface area contributed by atoms with Gasteiger partial charge in [-0.1, -0.05) is 0 Å². The van der Waals surface area contributed by atoms with E-state index in [0.29, 0.717) is 22.9 Å². The van der Waals surface area contributed by atoms with E-state index in [2.05, 4.69) is 20.5 Å². The zero-order chi connectivity index (χ0) is 15.5. The van der Waals surface area contributed by atoms with Crippen molar-refractivity contribution in [3.05, 3.63) is 59.5 Å². The number of benzene rings is 1. The third-order valence-corrected chi connectivity index (χ3v) is 3.22. The molecule has 6 nitrogen and oxygen atoms in total. The average molecular weight is 296 g/mol. The van der Waals surface area contributed by atoms with Crippen molar-refractivity contribution >= 4 is 11.6 Å². The summed E-state index contributed by atoms with van der Waals surface area (Å²) in [6.45, 7) is 3.76. The van der Waals surface area contributed by atoms with Crippen LogP contribution < -0.4 is 10.1 Å². The number of H-pyrrole nitrogens is 2. The van der Waals surface area contributed by atoms with E-state index in [9.17, 15) is 4.79 Å². The van der Waals surface area contributed by atoms with Crippen LogP contribution in [0, 0.1) is 13.8 Å². The molecule has 2 aromatic heterocycles. The van der Waals surface area contributed by atoms with Crippen LogP contribution >= 0.6 is 0 Å². The Morgan fingerprint density at radius 1 is 1.18 bits per heavy atom. The predicted octanol–water partition coefficient (Wildman–Crippen LogP) is 3.40. The highest BCUT2D eigenvalue weighted by Crippen LogP contribution is 2.22. The van der Waals surface area contributed by atoms with E-state index >= 15 is 0 Å². The quantitative estimate of drug-likeness (QED) is 0.690. The summed E-state index contributed by atoms with van der Waals surface area (Å²) in [4.78, 5) is 15.1. The summed E-state index contributed by atoms with van der Waals surface area (Å²) in [6, 6.07) is 10.7. The predicted molar refractivity (Wildman–Crippen MR) is 83.3 cm³/mol. The second-order valence-corrected chi connectivity index (χ2v) is 4.99. The number of ether oxygens (including phenoxy) is 1. The first-order valence-electron chi connectivity index (χ1n) is 6.87. The number of carbonyl (C=O) groups excluding carboxylic acids is 1. The molecule has 0 fully saturated rings. The Morgan fingerprint density at radius 2 is 1.95 bits per heavy atom. The molecular formula is C16H16N4O2. The highest BCUT2D eigenvalue weighted by Gasteiger charge is 2.10. The van der Waals surface area contributed by atoms with Crippen molar-refractivity contribution in [2.75, 3.05) is 5.32 Å². The number of amides is 1.